The van der Waals surface area contributed by atoms with Crippen molar-refractivity contribution < 1.29 is 13.2 Å². The lowest BCUT2D eigenvalue weighted by Gasteiger charge is -2.31. The van der Waals surface area contributed by atoms with Crippen molar-refractivity contribution in [2.75, 3.05) is 19.3 Å². The van der Waals surface area contributed by atoms with Crippen LogP contribution < -0.4 is 11.1 Å². The third-order valence-electron chi connectivity index (χ3n) is 4.41. The van der Waals surface area contributed by atoms with E-state index in [1.807, 2.05) is 37.3 Å². The molecule has 0 saturated carbocycles. The first-order valence-electron chi connectivity index (χ1n) is 7.85. The van der Waals surface area contributed by atoms with Crippen molar-refractivity contribution >= 4 is 28.3 Å². The van der Waals surface area contributed by atoms with Crippen LogP contribution >= 0.6 is 12.4 Å². The molecule has 2 unspecified atom stereocenters. The molecule has 1 aromatic carbocycles. The van der Waals surface area contributed by atoms with Crippen LogP contribution in [0, 0.1) is 5.92 Å². The summed E-state index contributed by atoms with van der Waals surface area (Å²) in [7, 11) is -3.14. The van der Waals surface area contributed by atoms with Crippen molar-refractivity contribution in [1.29, 1.82) is 0 Å². The van der Waals surface area contributed by atoms with E-state index < -0.39 is 10.0 Å². The Bertz CT molecular complexity index is 631. The van der Waals surface area contributed by atoms with Gasteiger partial charge in [0.2, 0.25) is 15.9 Å². The van der Waals surface area contributed by atoms with E-state index in [9.17, 15) is 13.2 Å². The van der Waals surface area contributed by atoms with Crippen LogP contribution in [0.2, 0.25) is 0 Å². The van der Waals surface area contributed by atoms with E-state index >= 15 is 0 Å². The molecule has 0 spiro atoms. The predicted molar refractivity (Wildman–Crippen MR) is 97.4 cm³/mol. The molecule has 2 rings (SSSR count). The summed E-state index contributed by atoms with van der Waals surface area (Å²) in [5.74, 6) is -0.426. The van der Waals surface area contributed by atoms with Crippen LogP contribution in [0.15, 0.2) is 30.3 Å². The van der Waals surface area contributed by atoms with Gasteiger partial charge >= 0.3 is 0 Å². The average Bonchev–Trinajstić information content (AvgIpc) is 2.54. The molecule has 1 fully saturated rings. The third kappa shape index (κ3) is 5.44. The van der Waals surface area contributed by atoms with Crippen molar-refractivity contribution in [2.45, 2.75) is 31.8 Å². The highest BCUT2D eigenvalue weighted by molar-refractivity contribution is 7.88. The molecule has 1 heterocycles. The van der Waals surface area contributed by atoms with Gasteiger partial charge in [-0.2, -0.15) is 0 Å². The van der Waals surface area contributed by atoms with E-state index in [0.717, 1.165) is 5.56 Å². The number of sulfonamides is 1. The molecule has 3 N–H and O–H groups in total. The van der Waals surface area contributed by atoms with Crippen molar-refractivity contribution in [2.24, 2.45) is 11.7 Å². The van der Waals surface area contributed by atoms with Crippen LogP contribution in [-0.4, -0.2) is 44.0 Å². The third-order valence-corrected chi connectivity index (χ3v) is 5.71. The van der Waals surface area contributed by atoms with Gasteiger partial charge in [-0.15, -0.1) is 12.4 Å². The fraction of sp³-hybridized carbons (Fsp3) is 0.562. The van der Waals surface area contributed by atoms with Gasteiger partial charge in [-0.1, -0.05) is 37.3 Å². The summed E-state index contributed by atoms with van der Waals surface area (Å²) in [6.07, 6.45) is 2.48. The zero-order chi connectivity index (χ0) is 17.0. The summed E-state index contributed by atoms with van der Waals surface area (Å²) in [5, 5.41) is 3.00. The molecule has 1 aliphatic rings. The van der Waals surface area contributed by atoms with E-state index in [0.29, 0.717) is 25.9 Å². The number of nitrogens with zero attached hydrogens (tertiary/aromatic N) is 1. The van der Waals surface area contributed by atoms with E-state index in [2.05, 4.69) is 5.32 Å². The summed E-state index contributed by atoms with van der Waals surface area (Å²) in [6, 6.07) is 9.20. The van der Waals surface area contributed by atoms with Gasteiger partial charge in [0.15, 0.2) is 0 Å². The number of hydrogen-bond acceptors (Lipinski definition) is 4. The normalized spacial score (nSPS) is 19.1. The summed E-state index contributed by atoms with van der Waals surface area (Å²) >= 11 is 0. The molecule has 136 valence electrons. The predicted octanol–water partition coefficient (Wildman–Crippen LogP) is 1.28. The SMILES string of the molecule is CC(C(=O)NC1CCN(S(C)(=O)=O)CC1)C(N)c1ccccc1.Cl. The molecule has 0 aliphatic carbocycles. The number of halogens is 1. The topological polar surface area (TPSA) is 92.5 Å². The van der Waals surface area contributed by atoms with Gasteiger partial charge in [0.1, 0.15) is 0 Å². The second-order valence-electron chi connectivity index (χ2n) is 6.17. The monoisotopic (exact) mass is 375 g/mol. The number of piperidine rings is 1. The molecule has 1 aromatic rings. The Morgan fingerprint density at radius 2 is 1.79 bits per heavy atom. The molecule has 0 aromatic heterocycles. The minimum Gasteiger partial charge on any atom is -0.353 e. The van der Waals surface area contributed by atoms with Crippen LogP contribution in [-0.2, 0) is 14.8 Å². The maximum absolute atomic E-state index is 12.4. The molecular formula is C16H26ClN3O3S. The second kappa shape index (κ2) is 8.80. The summed E-state index contributed by atoms with van der Waals surface area (Å²) in [5.41, 5.74) is 7.11. The van der Waals surface area contributed by atoms with Crippen LogP contribution in [0.1, 0.15) is 31.4 Å². The summed E-state index contributed by atoms with van der Waals surface area (Å²) in [4.78, 5) is 12.4. The fourth-order valence-electron chi connectivity index (χ4n) is 2.79. The first-order chi connectivity index (χ1) is 10.8. The fourth-order valence-corrected chi connectivity index (χ4v) is 3.67. The Morgan fingerprint density at radius 3 is 2.29 bits per heavy atom. The maximum atomic E-state index is 12.4. The molecule has 8 heteroatoms. The number of hydrogen-bond donors (Lipinski definition) is 2. The molecule has 2 atom stereocenters. The van der Waals surface area contributed by atoms with Crippen molar-refractivity contribution in [3.8, 4) is 0 Å². The number of carbonyl (C=O) groups excluding carboxylic acids is 1. The molecular weight excluding hydrogens is 350 g/mol. The van der Waals surface area contributed by atoms with Crippen molar-refractivity contribution in [1.82, 2.24) is 9.62 Å². The van der Waals surface area contributed by atoms with Gasteiger partial charge in [0, 0.05) is 25.2 Å². The van der Waals surface area contributed by atoms with E-state index in [-0.39, 0.29) is 36.3 Å². The number of nitrogens with one attached hydrogen (secondary N) is 1. The van der Waals surface area contributed by atoms with Crippen LogP contribution in [0.5, 0.6) is 0 Å². The Kier molecular flexibility index (Phi) is 7.66. The number of carbonyl (C=O) groups is 1. The van der Waals surface area contributed by atoms with Crippen LogP contribution in [0.4, 0.5) is 0 Å². The number of rotatable bonds is 5. The lowest BCUT2D eigenvalue weighted by Crippen LogP contribution is -2.48. The lowest BCUT2D eigenvalue weighted by atomic mass is 9.94. The van der Waals surface area contributed by atoms with Crippen LogP contribution in [0.25, 0.3) is 0 Å². The molecule has 0 bridgehead atoms. The van der Waals surface area contributed by atoms with Gasteiger partial charge < -0.3 is 11.1 Å². The van der Waals surface area contributed by atoms with E-state index in [1.165, 1.54) is 10.6 Å². The van der Waals surface area contributed by atoms with Gasteiger partial charge in [0.25, 0.3) is 0 Å². The lowest BCUT2D eigenvalue weighted by molar-refractivity contribution is -0.126. The standard InChI is InChI=1S/C16H25N3O3S.ClH/c1-12(15(17)13-6-4-3-5-7-13)16(20)18-14-8-10-19(11-9-14)23(2,21)22;/h3-7,12,14-15H,8-11,17H2,1-2H3,(H,18,20);1H. The number of amides is 1. The zero-order valence-corrected chi connectivity index (χ0v) is 15.6. The average molecular weight is 376 g/mol. The Labute approximate surface area is 150 Å². The molecule has 24 heavy (non-hydrogen) atoms. The Hall–Kier alpha value is -1.15. The van der Waals surface area contributed by atoms with E-state index in [1.54, 1.807) is 0 Å². The summed E-state index contributed by atoms with van der Waals surface area (Å²) < 4.78 is 24.4. The molecule has 0 radical (unpaired) electrons. The highest BCUT2D eigenvalue weighted by atomic mass is 35.5. The van der Waals surface area contributed by atoms with Gasteiger partial charge in [0.05, 0.1) is 12.2 Å². The second-order valence-corrected chi connectivity index (χ2v) is 8.15. The van der Waals surface area contributed by atoms with Crippen LogP contribution in [0.3, 0.4) is 0 Å². The molecule has 1 aliphatic heterocycles. The highest BCUT2D eigenvalue weighted by Gasteiger charge is 2.28. The summed E-state index contributed by atoms with van der Waals surface area (Å²) in [6.45, 7) is 2.71. The molecule has 1 saturated heterocycles. The zero-order valence-electron chi connectivity index (χ0n) is 14.0. The van der Waals surface area contributed by atoms with Gasteiger partial charge in [-0.3, -0.25) is 4.79 Å². The van der Waals surface area contributed by atoms with Crippen molar-refractivity contribution in [3.63, 3.8) is 0 Å². The first-order valence-corrected chi connectivity index (χ1v) is 9.70. The van der Waals surface area contributed by atoms with Crippen molar-refractivity contribution in [3.05, 3.63) is 35.9 Å². The van der Waals surface area contributed by atoms with E-state index in [4.69, 9.17) is 5.73 Å². The molecule has 6 nitrogen and oxygen atoms in total. The Morgan fingerprint density at radius 1 is 1.25 bits per heavy atom. The maximum Gasteiger partial charge on any atom is 0.224 e. The van der Waals surface area contributed by atoms with Gasteiger partial charge in [-0.25, -0.2) is 12.7 Å². The highest BCUT2D eigenvalue weighted by Crippen LogP contribution is 2.20. The molecule has 1 amide bonds. The smallest absolute Gasteiger partial charge is 0.224 e. The van der Waals surface area contributed by atoms with Gasteiger partial charge in [-0.05, 0) is 18.4 Å². The minimum atomic E-state index is -3.14. The largest absolute Gasteiger partial charge is 0.353 e. The Balaban J connectivity index is 0.00000288. The number of benzene rings is 1. The number of nitrogens with two attached hydrogens (primary N) is 1. The quantitative estimate of drug-likeness (QED) is 0.810. The minimum absolute atomic E-state index is 0. The first kappa shape index (κ1) is 20.9.